The van der Waals surface area contributed by atoms with E-state index in [1.54, 1.807) is 12.7 Å². The van der Waals surface area contributed by atoms with E-state index in [0.29, 0.717) is 26.2 Å². The first-order valence-corrected chi connectivity index (χ1v) is 9.48. The Hall–Kier alpha value is -2.26. The number of anilines is 1. The summed E-state index contributed by atoms with van der Waals surface area (Å²) in [6, 6.07) is 0. The van der Waals surface area contributed by atoms with E-state index in [1.165, 1.54) is 0 Å². The highest BCUT2D eigenvalue weighted by Gasteiger charge is 2.43. The maximum atomic E-state index is 11.8. The summed E-state index contributed by atoms with van der Waals surface area (Å²) in [6.07, 6.45) is 6.04. The van der Waals surface area contributed by atoms with Gasteiger partial charge in [-0.05, 0) is 12.8 Å². The molecule has 0 radical (unpaired) electrons. The fourth-order valence-electron chi connectivity index (χ4n) is 4.63. The Balaban J connectivity index is 1.45. The summed E-state index contributed by atoms with van der Waals surface area (Å²) in [5.74, 6) is 0.978. The second-order valence-electron chi connectivity index (χ2n) is 8.37. The predicted molar refractivity (Wildman–Crippen MR) is 97.2 cm³/mol. The third kappa shape index (κ3) is 2.76. The molecule has 1 atom stereocenters. The molecule has 5 heterocycles. The van der Waals surface area contributed by atoms with Gasteiger partial charge in [-0.25, -0.2) is 15.0 Å². The van der Waals surface area contributed by atoms with E-state index in [0.717, 1.165) is 49.5 Å². The van der Waals surface area contributed by atoms with Crippen molar-refractivity contribution in [3.8, 4) is 0 Å². The molecule has 0 aromatic carbocycles. The SMILES string of the molecule is O=C1CC2(CCCN(c3ncnc4c3ncn4CC3(CO)COC3)C2)CN1. The standard InChI is InChI=1S/C18H24N6O3/c25-8-18(9-27-10-18)7-24-12-22-14-15(20-11-21-16(14)24)23-3-1-2-17(6-23)4-13(26)19-5-17/h11-12,25H,1-10H2,(H,19,26). The summed E-state index contributed by atoms with van der Waals surface area (Å²) in [5.41, 5.74) is 1.31. The van der Waals surface area contributed by atoms with Gasteiger partial charge in [-0.15, -0.1) is 0 Å². The van der Waals surface area contributed by atoms with Gasteiger partial charge in [0.2, 0.25) is 5.91 Å². The molecule has 2 N–H and O–H groups in total. The van der Waals surface area contributed by atoms with Crippen LogP contribution in [-0.2, 0) is 16.1 Å². The van der Waals surface area contributed by atoms with Crippen LogP contribution in [-0.4, -0.2) is 70.0 Å². The highest BCUT2D eigenvalue weighted by Crippen LogP contribution is 2.38. The zero-order valence-corrected chi connectivity index (χ0v) is 15.2. The second kappa shape index (κ2) is 6.13. The number of imidazole rings is 1. The number of aliphatic hydroxyl groups is 1. The third-order valence-electron chi connectivity index (χ3n) is 6.20. The Morgan fingerprint density at radius 2 is 2.19 bits per heavy atom. The second-order valence-corrected chi connectivity index (χ2v) is 8.37. The predicted octanol–water partition coefficient (Wildman–Crippen LogP) is -0.0583. The molecular formula is C18H24N6O3. The Morgan fingerprint density at radius 3 is 2.89 bits per heavy atom. The number of rotatable bonds is 4. The zero-order chi connectivity index (χ0) is 18.5. The molecule has 1 spiro atoms. The average Bonchev–Trinajstić information content (AvgIpc) is 3.21. The van der Waals surface area contributed by atoms with Crippen molar-refractivity contribution in [3.05, 3.63) is 12.7 Å². The number of fused-ring (bicyclic) bond motifs is 1. The van der Waals surface area contributed by atoms with Crippen LogP contribution in [0.3, 0.4) is 0 Å². The number of aromatic nitrogens is 4. The molecule has 3 fully saturated rings. The summed E-state index contributed by atoms with van der Waals surface area (Å²) >= 11 is 0. The van der Waals surface area contributed by atoms with E-state index in [1.807, 2.05) is 4.57 Å². The molecule has 3 saturated heterocycles. The molecule has 27 heavy (non-hydrogen) atoms. The highest BCUT2D eigenvalue weighted by atomic mass is 16.5. The lowest BCUT2D eigenvalue weighted by Gasteiger charge is -2.40. The molecule has 0 aliphatic carbocycles. The Kier molecular flexibility index (Phi) is 3.83. The van der Waals surface area contributed by atoms with Gasteiger partial charge in [0.15, 0.2) is 17.0 Å². The molecular weight excluding hydrogens is 348 g/mol. The van der Waals surface area contributed by atoms with Crippen LogP contribution >= 0.6 is 0 Å². The lowest BCUT2D eigenvalue weighted by molar-refractivity contribution is -0.144. The van der Waals surface area contributed by atoms with Crippen LogP contribution < -0.4 is 10.2 Å². The van der Waals surface area contributed by atoms with Crippen molar-refractivity contribution in [2.45, 2.75) is 25.8 Å². The summed E-state index contributed by atoms with van der Waals surface area (Å²) in [4.78, 5) is 27.6. The average molecular weight is 372 g/mol. The van der Waals surface area contributed by atoms with Crippen molar-refractivity contribution in [2.75, 3.05) is 44.4 Å². The molecule has 0 bridgehead atoms. The lowest BCUT2D eigenvalue weighted by Crippen LogP contribution is -2.48. The number of hydrogen-bond donors (Lipinski definition) is 2. The number of amides is 1. The molecule has 144 valence electrons. The van der Waals surface area contributed by atoms with Crippen LogP contribution in [0.25, 0.3) is 11.2 Å². The number of ether oxygens (including phenoxy) is 1. The van der Waals surface area contributed by atoms with Crippen molar-refractivity contribution in [3.63, 3.8) is 0 Å². The summed E-state index contributed by atoms with van der Waals surface area (Å²) < 4.78 is 7.29. The van der Waals surface area contributed by atoms with E-state index >= 15 is 0 Å². The zero-order valence-electron chi connectivity index (χ0n) is 15.2. The highest BCUT2D eigenvalue weighted by molar-refractivity contribution is 5.84. The fourth-order valence-corrected chi connectivity index (χ4v) is 4.63. The van der Waals surface area contributed by atoms with Crippen LogP contribution in [0.4, 0.5) is 5.82 Å². The Morgan fingerprint density at radius 1 is 1.30 bits per heavy atom. The molecule has 0 saturated carbocycles. The largest absolute Gasteiger partial charge is 0.396 e. The summed E-state index contributed by atoms with van der Waals surface area (Å²) in [6.45, 7) is 4.26. The smallest absolute Gasteiger partial charge is 0.220 e. The van der Waals surface area contributed by atoms with Gasteiger partial charge in [0.1, 0.15) is 6.33 Å². The number of aliphatic hydroxyl groups excluding tert-OH is 1. The van der Waals surface area contributed by atoms with Gasteiger partial charge in [-0.2, -0.15) is 0 Å². The quantitative estimate of drug-likeness (QED) is 0.775. The van der Waals surface area contributed by atoms with Gasteiger partial charge in [-0.3, -0.25) is 4.79 Å². The minimum absolute atomic E-state index is 0.000607. The van der Waals surface area contributed by atoms with Crippen LogP contribution in [0.1, 0.15) is 19.3 Å². The van der Waals surface area contributed by atoms with Crippen molar-refractivity contribution < 1.29 is 14.6 Å². The molecule has 5 rings (SSSR count). The molecule has 1 amide bonds. The first-order chi connectivity index (χ1) is 13.1. The number of piperidine rings is 1. The number of nitrogens with zero attached hydrogens (tertiary/aromatic N) is 5. The van der Waals surface area contributed by atoms with Gasteiger partial charge in [0.25, 0.3) is 0 Å². The van der Waals surface area contributed by atoms with Gasteiger partial charge in [0.05, 0.1) is 31.6 Å². The lowest BCUT2D eigenvalue weighted by atomic mass is 9.79. The number of nitrogens with one attached hydrogen (secondary N) is 1. The van der Waals surface area contributed by atoms with Gasteiger partial charge in [-0.1, -0.05) is 0 Å². The number of hydrogen-bond acceptors (Lipinski definition) is 7. The van der Waals surface area contributed by atoms with Crippen molar-refractivity contribution in [2.24, 2.45) is 10.8 Å². The topological polar surface area (TPSA) is 105 Å². The Bertz CT molecular complexity index is 874. The molecule has 1 unspecified atom stereocenters. The van der Waals surface area contributed by atoms with Gasteiger partial charge < -0.3 is 24.6 Å². The fraction of sp³-hybridized carbons (Fsp3) is 0.667. The minimum Gasteiger partial charge on any atom is -0.396 e. The summed E-state index contributed by atoms with van der Waals surface area (Å²) in [7, 11) is 0. The molecule has 2 aromatic rings. The van der Waals surface area contributed by atoms with Crippen LogP contribution in [0.15, 0.2) is 12.7 Å². The number of carbonyl (C=O) groups is 1. The van der Waals surface area contributed by atoms with Crippen LogP contribution in [0.2, 0.25) is 0 Å². The van der Waals surface area contributed by atoms with Gasteiger partial charge >= 0.3 is 0 Å². The maximum Gasteiger partial charge on any atom is 0.220 e. The van der Waals surface area contributed by atoms with E-state index in [9.17, 15) is 9.90 Å². The summed E-state index contributed by atoms with van der Waals surface area (Å²) in [5, 5.41) is 12.7. The molecule has 9 heteroatoms. The van der Waals surface area contributed by atoms with Gasteiger partial charge in [0, 0.05) is 38.0 Å². The Labute approximate surface area is 156 Å². The minimum atomic E-state index is -0.246. The monoisotopic (exact) mass is 372 g/mol. The molecule has 9 nitrogen and oxygen atoms in total. The third-order valence-corrected chi connectivity index (χ3v) is 6.20. The van der Waals surface area contributed by atoms with Crippen molar-refractivity contribution in [1.82, 2.24) is 24.8 Å². The van der Waals surface area contributed by atoms with Crippen LogP contribution in [0, 0.1) is 10.8 Å². The first kappa shape index (κ1) is 16.9. The van der Waals surface area contributed by atoms with E-state index in [4.69, 9.17) is 4.74 Å². The van der Waals surface area contributed by atoms with E-state index < -0.39 is 0 Å². The number of carbonyl (C=O) groups excluding carboxylic acids is 1. The molecule has 2 aromatic heterocycles. The van der Waals surface area contributed by atoms with Crippen molar-refractivity contribution >= 4 is 22.9 Å². The van der Waals surface area contributed by atoms with Crippen LogP contribution in [0.5, 0.6) is 0 Å². The van der Waals surface area contributed by atoms with E-state index in [-0.39, 0.29) is 23.3 Å². The molecule has 3 aliphatic heterocycles. The van der Waals surface area contributed by atoms with Crippen molar-refractivity contribution in [1.29, 1.82) is 0 Å². The molecule has 3 aliphatic rings. The first-order valence-electron chi connectivity index (χ1n) is 9.48. The maximum absolute atomic E-state index is 11.8. The van der Waals surface area contributed by atoms with E-state index in [2.05, 4.69) is 25.2 Å². The normalized spacial score (nSPS) is 27.1.